The number of rotatable bonds is 4. The summed E-state index contributed by atoms with van der Waals surface area (Å²) in [4.78, 5) is 11.8. The summed E-state index contributed by atoms with van der Waals surface area (Å²) >= 11 is 5.88. The van der Waals surface area contributed by atoms with Gasteiger partial charge < -0.3 is 10.1 Å². The van der Waals surface area contributed by atoms with E-state index in [1.165, 1.54) is 0 Å². The van der Waals surface area contributed by atoms with Gasteiger partial charge in [-0.2, -0.15) is 0 Å². The number of halogens is 1. The van der Waals surface area contributed by atoms with Crippen LogP contribution in [0.4, 0.5) is 0 Å². The molecular formula is C14H18ClNO2. The summed E-state index contributed by atoms with van der Waals surface area (Å²) in [6, 6.07) is 7.42. The molecule has 1 heterocycles. The lowest BCUT2D eigenvalue weighted by molar-refractivity contribution is -0.120. The summed E-state index contributed by atoms with van der Waals surface area (Å²) in [5.74, 6) is 0.616. The standard InChI is InChI=1S/C14H18ClNO2/c15-13-3-1-2-12(8-13)9-14(17)16-10-11-4-6-18-7-5-11/h1-3,8,11H,4-7,9-10H2,(H,16,17). The predicted molar refractivity (Wildman–Crippen MR) is 71.7 cm³/mol. The molecule has 0 aliphatic carbocycles. The molecule has 1 amide bonds. The van der Waals surface area contributed by atoms with Gasteiger partial charge in [0.05, 0.1) is 6.42 Å². The van der Waals surface area contributed by atoms with E-state index in [9.17, 15) is 4.79 Å². The van der Waals surface area contributed by atoms with Crippen molar-refractivity contribution < 1.29 is 9.53 Å². The van der Waals surface area contributed by atoms with Crippen LogP contribution in [0.1, 0.15) is 18.4 Å². The number of carbonyl (C=O) groups excluding carboxylic acids is 1. The summed E-state index contributed by atoms with van der Waals surface area (Å²) in [7, 11) is 0. The summed E-state index contributed by atoms with van der Waals surface area (Å²) in [6.07, 6.45) is 2.47. The monoisotopic (exact) mass is 267 g/mol. The highest BCUT2D eigenvalue weighted by atomic mass is 35.5. The summed E-state index contributed by atoms with van der Waals surface area (Å²) in [6.45, 7) is 2.38. The molecule has 98 valence electrons. The molecule has 0 radical (unpaired) electrons. The Hall–Kier alpha value is -1.06. The van der Waals surface area contributed by atoms with Gasteiger partial charge in [-0.15, -0.1) is 0 Å². The molecule has 0 atom stereocenters. The van der Waals surface area contributed by atoms with Crippen molar-refractivity contribution >= 4 is 17.5 Å². The Balaban J connectivity index is 1.74. The number of amides is 1. The van der Waals surface area contributed by atoms with Crippen LogP contribution in [0.25, 0.3) is 0 Å². The van der Waals surface area contributed by atoms with E-state index in [2.05, 4.69) is 5.32 Å². The average molecular weight is 268 g/mol. The second-order valence-corrected chi connectivity index (χ2v) is 5.10. The van der Waals surface area contributed by atoms with Crippen molar-refractivity contribution in [1.82, 2.24) is 5.32 Å². The van der Waals surface area contributed by atoms with Crippen LogP contribution in [0.15, 0.2) is 24.3 Å². The number of hydrogen-bond donors (Lipinski definition) is 1. The molecule has 3 nitrogen and oxygen atoms in total. The zero-order valence-electron chi connectivity index (χ0n) is 10.3. The van der Waals surface area contributed by atoms with E-state index in [4.69, 9.17) is 16.3 Å². The van der Waals surface area contributed by atoms with Crippen LogP contribution < -0.4 is 5.32 Å². The highest BCUT2D eigenvalue weighted by Gasteiger charge is 2.14. The maximum atomic E-state index is 11.8. The lowest BCUT2D eigenvalue weighted by Crippen LogP contribution is -2.33. The van der Waals surface area contributed by atoms with Gasteiger partial charge in [-0.1, -0.05) is 23.7 Å². The molecule has 0 bridgehead atoms. The van der Waals surface area contributed by atoms with Gasteiger partial charge in [-0.25, -0.2) is 0 Å². The normalized spacial score (nSPS) is 16.5. The summed E-state index contributed by atoms with van der Waals surface area (Å²) in [5.41, 5.74) is 0.951. The van der Waals surface area contributed by atoms with Crippen LogP contribution in [-0.2, 0) is 16.0 Å². The van der Waals surface area contributed by atoms with E-state index in [1.807, 2.05) is 24.3 Å². The summed E-state index contributed by atoms with van der Waals surface area (Å²) < 4.78 is 5.29. The number of carbonyl (C=O) groups is 1. The Morgan fingerprint density at radius 3 is 2.89 bits per heavy atom. The Morgan fingerprint density at radius 2 is 2.17 bits per heavy atom. The molecule has 0 spiro atoms. The van der Waals surface area contributed by atoms with Crippen LogP contribution in [-0.4, -0.2) is 25.7 Å². The molecule has 0 unspecified atom stereocenters. The molecule has 1 aromatic rings. The number of nitrogens with one attached hydrogen (secondary N) is 1. The Bertz CT molecular complexity index is 403. The molecule has 4 heteroatoms. The van der Waals surface area contributed by atoms with Gasteiger partial charge in [0.2, 0.25) is 5.91 Å². The molecule has 1 N–H and O–H groups in total. The topological polar surface area (TPSA) is 38.3 Å². The van der Waals surface area contributed by atoms with Crippen LogP contribution in [0.3, 0.4) is 0 Å². The maximum absolute atomic E-state index is 11.8. The van der Waals surface area contributed by atoms with E-state index < -0.39 is 0 Å². The Labute approximate surface area is 112 Å². The predicted octanol–water partition coefficient (Wildman–Crippen LogP) is 2.43. The quantitative estimate of drug-likeness (QED) is 0.910. The molecule has 1 aliphatic heterocycles. The van der Waals surface area contributed by atoms with Gasteiger partial charge in [-0.3, -0.25) is 4.79 Å². The van der Waals surface area contributed by atoms with Crippen molar-refractivity contribution in [3.05, 3.63) is 34.9 Å². The van der Waals surface area contributed by atoms with Crippen LogP contribution in [0.5, 0.6) is 0 Å². The second-order valence-electron chi connectivity index (χ2n) is 4.67. The third kappa shape index (κ3) is 4.31. The minimum atomic E-state index is 0.0590. The molecule has 1 aliphatic rings. The van der Waals surface area contributed by atoms with Crippen LogP contribution in [0, 0.1) is 5.92 Å². The first-order valence-electron chi connectivity index (χ1n) is 6.33. The van der Waals surface area contributed by atoms with Gasteiger partial charge >= 0.3 is 0 Å². The second kappa shape index (κ2) is 6.76. The molecule has 2 rings (SSSR count). The summed E-state index contributed by atoms with van der Waals surface area (Å²) in [5, 5.41) is 3.65. The maximum Gasteiger partial charge on any atom is 0.224 e. The van der Waals surface area contributed by atoms with E-state index in [0.717, 1.165) is 38.2 Å². The average Bonchev–Trinajstić information content (AvgIpc) is 2.38. The van der Waals surface area contributed by atoms with Gasteiger partial charge in [0.25, 0.3) is 0 Å². The van der Waals surface area contributed by atoms with E-state index >= 15 is 0 Å². The fourth-order valence-electron chi connectivity index (χ4n) is 2.10. The van der Waals surface area contributed by atoms with Crippen molar-refractivity contribution in [1.29, 1.82) is 0 Å². The van der Waals surface area contributed by atoms with E-state index in [-0.39, 0.29) is 5.91 Å². The Morgan fingerprint density at radius 1 is 1.39 bits per heavy atom. The first-order chi connectivity index (χ1) is 8.74. The lowest BCUT2D eigenvalue weighted by atomic mass is 10.0. The molecule has 0 saturated carbocycles. The minimum Gasteiger partial charge on any atom is -0.381 e. The van der Waals surface area contributed by atoms with Crippen molar-refractivity contribution in [2.45, 2.75) is 19.3 Å². The molecule has 1 saturated heterocycles. The lowest BCUT2D eigenvalue weighted by Gasteiger charge is -2.22. The first-order valence-corrected chi connectivity index (χ1v) is 6.71. The largest absolute Gasteiger partial charge is 0.381 e. The first kappa shape index (κ1) is 13.4. The van der Waals surface area contributed by atoms with E-state index in [1.54, 1.807) is 0 Å². The highest BCUT2D eigenvalue weighted by Crippen LogP contribution is 2.14. The fourth-order valence-corrected chi connectivity index (χ4v) is 2.32. The molecule has 0 aromatic heterocycles. The SMILES string of the molecule is O=C(Cc1cccc(Cl)c1)NCC1CCOCC1. The van der Waals surface area contributed by atoms with Crippen molar-refractivity contribution in [2.75, 3.05) is 19.8 Å². The third-order valence-corrected chi connectivity index (χ3v) is 3.42. The van der Waals surface area contributed by atoms with Crippen molar-refractivity contribution in [3.8, 4) is 0 Å². The number of benzene rings is 1. The molecule has 1 fully saturated rings. The van der Waals surface area contributed by atoms with Gasteiger partial charge in [-0.05, 0) is 36.5 Å². The number of hydrogen-bond acceptors (Lipinski definition) is 2. The number of ether oxygens (including phenoxy) is 1. The zero-order chi connectivity index (χ0) is 12.8. The van der Waals surface area contributed by atoms with Crippen LogP contribution in [0.2, 0.25) is 5.02 Å². The minimum absolute atomic E-state index is 0.0590. The smallest absolute Gasteiger partial charge is 0.224 e. The molecule has 18 heavy (non-hydrogen) atoms. The zero-order valence-corrected chi connectivity index (χ0v) is 11.1. The highest BCUT2D eigenvalue weighted by molar-refractivity contribution is 6.30. The molecular weight excluding hydrogens is 250 g/mol. The van der Waals surface area contributed by atoms with E-state index in [0.29, 0.717) is 17.4 Å². The van der Waals surface area contributed by atoms with Gasteiger partial charge in [0.15, 0.2) is 0 Å². The van der Waals surface area contributed by atoms with Crippen molar-refractivity contribution in [3.63, 3.8) is 0 Å². The fraction of sp³-hybridized carbons (Fsp3) is 0.500. The third-order valence-electron chi connectivity index (χ3n) is 3.18. The van der Waals surface area contributed by atoms with Gasteiger partial charge in [0, 0.05) is 24.8 Å². The Kier molecular flexibility index (Phi) is 5.02. The van der Waals surface area contributed by atoms with Crippen LogP contribution >= 0.6 is 11.6 Å². The van der Waals surface area contributed by atoms with Gasteiger partial charge in [0.1, 0.15) is 0 Å². The molecule has 1 aromatic carbocycles. The van der Waals surface area contributed by atoms with Crippen molar-refractivity contribution in [2.24, 2.45) is 5.92 Å².